The summed E-state index contributed by atoms with van der Waals surface area (Å²) in [7, 11) is 1.34. The van der Waals surface area contributed by atoms with Crippen LogP contribution in [0.5, 0.6) is 0 Å². The summed E-state index contributed by atoms with van der Waals surface area (Å²) in [5, 5.41) is 3.27. The molecule has 0 bridgehead atoms. The molecule has 1 aromatic heterocycles. The van der Waals surface area contributed by atoms with Gasteiger partial charge in [-0.25, -0.2) is 4.79 Å². The Kier molecular flexibility index (Phi) is 4.67. The predicted octanol–water partition coefficient (Wildman–Crippen LogP) is 5.45. The standard InChI is InChI=1S/C25H18BrNO4/c1-13-20(25(29)30-2)21(19-12-11-18(31-19)14-7-9-15(26)10-8-14)22-23(27-13)16-5-3-4-6-17(16)24(22)28/h3-12,21,27H,1-2H3/t21-/m0/s1. The van der Waals surface area contributed by atoms with Crippen LogP contribution in [0.2, 0.25) is 0 Å². The van der Waals surface area contributed by atoms with Crippen molar-refractivity contribution in [2.75, 3.05) is 7.11 Å². The van der Waals surface area contributed by atoms with E-state index < -0.39 is 11.9 Å². The van der Waals surface area contributed by atoms with Crippen LogP contribution >= 0.6 is 15.9 Å². The van der Waals surface area contributed by atoms with Crippen molar-refractivity contribution >= 4 is 33.4 Å². The number of nitrogens with one attached hydrogen (secondary N) is 1. The first-order valence-corrected chi connectivity index (χ1v) is 10.6. The number of carbonyl (C=O) groups excluding carboxylic acids is 2. The van der Waals surface area contributed by atoms with Crippen LogP contribution < -0.4 is 5.32 Å². The summed E-state index contributed by atoms with van der Waals surface area (Å²) < 4.78 is 12.2. The molecule has 5 nitrogen and oxygen atoms in total. The van der Waals surface area contributed by atoms with Gasteiger partial charge in [0.1, 0.15) is 11.5 Å². The Morgan fingerprint density at radius 3 is 2.45 bits per heavy atom. The zero-order chi connectivity index (χ0) is 21.7. The first-order valence-electron chi connectivity index (χ1n) is 9.79. The number of ether oxygens (including phenoxy) is 1. The molecular weight excluding hydrogens is 458 g/mol. The molecule has 1 aliphatic carbocycles. The lowest BCUT2D eigenvalue weighted by Crippen LogP contribution is -2.28. The van der Waals surface area contributed by atoms with Gasteiger partial charge in [0.25, 0.3) is 0 Å². The summed E-state index contributed by atoms with van der Waals surface area (Å²) in [4.78, 5) is 26.1. The number of dihydropyridines is 1. The van der Waals surface area contributed by atoms with Crippen LogP contribution in [-0.2, 0) is 9.53 Å². The lowest BCUT2D eigenvalue weighted by Gasteiger charge is -2.27. The normalized spacial score (nSPS) is 17.4. The van der Waals surface area contributed by atoms with Crippen LogP contribution in [-0.4, -0.2) is 18.9 Å². The van der Waals surface area contributed by atoms with Gasteiger partial charge in [0.2, 0.25) is 0 Å². The number of ketones is 1. The predicted molar refractivity (Wildman–Crippen MR) is 120 cm³/mol. The van der Waals surface area contributed by atoms with Crippen molar-refractivity contribution in [1.82, 2.24) is 5.32 Å². The molecule has 0 unspecified atom stereocenters. The van der Waals surface area contributed by atoms with E-state index >= 15 is 0 Å². The quantitative estimate of drug-likeness (QED) is 0.510. The molecule has 1 N–H and O–H groups in total. The first-order chi connectivity index (χ1) is 15.0. The molecule has 1 atom stereocenters. The van der Waals surface area contributed by atoms with Crippen LogP contribution in [0.3, 0.4) is 0 Å². The Hall–Kier alpha value is -3.38. The fourth-order valence-corrected chi connectivity index (χ4v) is 4.54. The second-order valence-electron chi connectivity index (χ2n) is 7.46. The Balaban J connectivity index is 1.67. The lowest BCUT2D eigenvalue weighted by atomic mass is 9.83. The lowest BCUT2D eigenvalue weighted by molar-refractivity contribution is -0.136. The second-order valence-corrected chi connectivity index (χ2v) is 8.38. The van der Waals surface area contributed by atoms with Gasteiger partial charge in [0.15, 0.2) is 5.78 Å². The SMILES string of the molecule is COC(=O)C1=C(C)NC2=C(C(=O)c3ccccc32)[C@H]1c1ccc(-c2ccc(Br)cc2)o1. The summed E-state index contributed by atoms with van der Waals surface area (Å²) in [5.41, 5.74) is 4.58. The molecule has 5 rings (SSSR count). The van der Waals surface area contributed by atoms with Crippen LogP contribution in [0.4, 0.5) is 0 Å². The maximum Gasteiger partial charge on any atom is 0.336 e. The van der Waals surface area contributed by atoms with E-state index in [2.05, 4.69) is 21.2 Å². The van der Waals surface area contributed by atoms with Crippen molar-refractivity contribution in [3.63, 3.8) is 0 Å². The molecule has 3 aromatic rings. The van der Waals surface area contributed by atoms with Gasteiger partial charge in [0.05, 0.1) is 24.3 Å². The van der Waals surface area contributed by atoms with E-state index in [1.165, 1.54) is 7.11 Å². The molecule has 0 radical (unpaired) electrons. The summed E-state index contributed by atoms with van der Waals surface area (Å²) in [6.07, 6.45) is 0. The molecule has 154 valence electrons. The van der Waals surface area contributed by atoms with Crippen LogP contribution in [0.25, 0.3) is 17.0 Å². The average molecular weight is 476 g/mol. The topological polar surface area (TPSA) is 68.5 Å². The van der Waals surface area contributed by atoms with Crippen molar-refractivity contribution in [2.24, 2.45) is 0 Å². The van der Waals surface area contributed by atoms with E-state index in [4.69, 9.17) is 9.15 Å². The molecule has 1 aliphatic heterocycles. The number of carbonyl (C=O) groups is 2. The molecule has 31 heavy (non-hydrogen) atoms. The number of benzene rings is 2. The van der Waals surface area contributed by atoms with Crippen molar-refractivity contribution < 1.29 is 18.7 Å². The molecular formula is C25H18BrNO4. The van der Waals surface area contributed by atoms with Gasteiger partial charge >= 0.3 is 5.97 Å². The van der Waals surface area contributed by atoms with E-state index in [1.807, 2.05) is 61.5 Å². The number of furan rings is 1. The number of hydrogen-bond acceptors (Lipinski definition) is 5. The summed E-state index contributed by atoms with van der Waals surface area (Å²) in [5.74, 6) is -0.0841. The third kappa shape index (κ3) is 3.06. The van der Waals surface area contributed by atoms with Crippen LogP contribution in [0.15, 0.2) is 86.4 Å². The summed E-state index contributed by atoms with van der Waals surface area (Å²) >= 11 is 3.44. The molecule has 0 spiro atoms. The largest absolute Gasteiger partial charge is 0.466 e. The highest BCUT2D eigenvalue weighted by Crippen LogP contribution is 2.47. The van der Waals surface area contributed by atoms with Crippen molar-refractivity contribution in [2.45, 2.75) is 12.8 Å². The minimum Gasteiger partial charge on any atom is -0.466 e. The van der Waals surface area contributed by atoms with Crippen LogP contribution in [0.1, 0.15) is 34.5 Å². The fourth-order valence-electron chi connectivity index (χ4n) is 4.27. The number of halogens is 1. The highest BCUT2D eigenvalue weighted by molar-refractivity contribution is 9.10. The fraction of sp³-hybridized carbons (Fsp3) is 0.120. The molecule has 6 heteroatoms. The Bertz CT molecular complexity index is 1300. The third-order valence-electron chi connectivity index (χ3n) is 5.69. The highest BCUT2D eigenvalue weighted by atomic mass is 79.9. The number of allylic oxidation sites excluding steroid dienone is 2. The Morgan fingerprint density at radius 2 is 1.74 bits per heavy atom. The van der Waals surface area contributed by atoms with E-state index in [-0.39, 0.29) is 5.78 Å². The molecule has 2 aliphatic rings. The van der Waals surface area contributed by atoms with Gasteiger partial charge in [-0.05, 0) is 31.2 Å². The number of Topliss-reactive ketones (excluding diaryl/α,β-unsaturated/α-hetero) is 1. The van der Waals surface area contributed by atoms with Gasteiger partial charge in [0, 0.05) is 32.4 Å². The summed E-state index contributed by atoms with van der Waals surface area (Å²) in [6.45, 7) is 1.81. The first kappa shape index (κ1) is 19.6. The Labute approximate surface area is 187 Å². The Morgan fingerprint density at radius 1 is 1.03 bits per heavy atom. The van der Waals surface area contributed by atoms with E-state index in [0.717, 1.165) is 21.3 Å². The second kappa shape index (κ2) is 7.39. The van der Waals surface area contributed by atoms with Gasteiger partial charge < -0.3 is 14.5 Å². The minimum absolute atomic E-state index is 0.112. The van der Waals surface area contributed by atoms with Gasteiger partial charge in [-0.3, -0.25) is 4.79 Å². The smallest absolute Gasteiger partial charge is 0.336 e. The zero-order valence-corrected chi connectivity index (χ0v) is 18.4. The zero-order valence-electron chi connectivity index (χ0n) is 16.9. The molecule has 0 saturated heterocycles. The number of fused-ring (bicyclic) bond motifs is 2. The monoisotopic (exact) mass is 475 g/mol. The van der Waals surface area contributed by atoms with Gasteiger partial charge in [-0.1, -0.05) is 52.3 Å². The number of esters is 1. The average Bonchev–Trinajstić information content (AvgIpc) is 3.37. The molecule has 2 heterocycles. The summed E-state index contributed by atoms with van der Waals surface area (Å²) in [6, 6.07) is 18.9. The minimum atomic E-state index is -0.659. The van der Waals surface area contributed by atoms with E-state index in [0.29, 0.717) is 33.9 Å². The maximum atomic E-state index is 13.4. The molecule has 0 fully saturated rings. The molecule has 0 saturated carbocycles. The van der Waals surface area contributed by atoms with E-state index in [9.17, 15) is 9.59 Å². The van der Waals surface area contributed by atoms with Crippen molar-refractivity contribution in [3.8, 4) is 11.3 Å². The van der Waals surface area contributed by atoms with Crippen molar-refractivity contribution in [3.05, 3.63) is 98.9 Å². The van der Waals surface area contributed by atoms with Crippen LogP contribution in [0, 0.1) is 0 Å². The molecule has 0 amide bonds. The number of hydrogen-bond donors (Lipinski definition) is 1. The van der Waals surface area contributed by atoms with Gasteiger partial charge in [-0.2, -0.15) is 0 Å². The number of methoxy groups -OCH3 is 1. The molecule has 2 aromatic carbocycles. The van der Waals surface area contributed by atoms with Gasteiger partial charge in [-0.15, -0.1) is 0 Å². The van der Waals surface area contributed by atoms with Crippen molar-refractivity contribution in [1.29, 1.82) is 0 Å². The maximum absolute atomic E-state index is 13.4. The third-order valence-corrected chi connectivity index (χ3v) is 6.22. The number of rotatable bonds is 3. The highest BCUT2D eigenvalue weighted by Gasteiger charge is 2.44. The van der Waals surface area contributed by atoms with E-state index in [1.54, 1.807) is 6.07 Å².